The summed E-state index contributed by atoms with van der Waals surface area (Å²) in [6.07, 6.45) is 3.40. The standard InChI is InChI=1S/C28H29N3O6S2/c1-36-23-10-6-9-20-19(23)12-11-18-15-29-22(24(18)20)13-14-30-27(32)26-25(31(28(30)33)37-39(2,34)35)21(16-38-26)17-7-4-3-5-8-17/h3-10,16,18,22,24,29H,11-15H2,1-2H3. The zero-order valence-corrected chi connectivity index (χ0v) is 23.3. The summed E-state index contributed by atoms with van der Waals surface area (Å²) in [6.45, 7) is 0.992. The fourth-order valence-corrected chi connectivity index (χ4v) is 7.62. The number of ether oxygens (including phenoxy) is 1. The Morgan fingerprint density at radius 1 is 1.10 bits per heavy atom. The molecule has 0 spiro atoms. The molecule has 2 aromatic carbocycles. The van der Waals surface area contributed by atoms with Gasteiger partial charge in [-0.05, 0) is 54.5 Å². The van der Waals surface area contributed by atoms with Crippen LogP contribution < -0.4 is 25.6 Å². The molecule has 9 nitrogen and oxygen atoms in total. The van der Waals surface area contributed by atoms with Crippen LogP contribution >= 0.6 is 11.3 Å². The Kier molecular flexibility index (Phi) is 6.60. The summed E-state index contributed by atoms with van der Waals surface area (Å²) < 4.78 is 37.3. The van der Waals surface area contributed by atoms with E-state index in [-0.39, 0.29) is 28.7 Å². The fraction of sp³-hybridized carbons (Fsp3) is 0.357. The second kappa shape index (κ2) is 9.96. The molecule has 3 unspecified atom stereocenters. The number of fused-ring (bicyclic) bond motifs is 4. The van der Waals surface area contributed by atoms with Gasteiger partial charge in [0.25, 0.3) is 5.56 Å². The largest absolute Gasteiger partial charge is 0.496 e. The van der Waals surface area contributed by atoms with Crippen LogP contribution in [-0.2, 0) is 23.1 Å². The van der Waals surface area contributed by atoms with Crippen molar-refractivity contribution < 1.29 is 17.4 Å². The summed E-state index contributed by atoms with van der Waals surface area (Å²) in [5.41, 5.74) is 2.70. The lowest BCUT2D eigenvalue weighted by Crippen LogP contribution is -2.44. The number of rotatable bonds is 7. The summed E-state index contributed by atoms with van der Waals surface area (Å²) in [6, 6.07) is 15.4. The molecule has 0 radical (unpaired) electrons. The van der Waals surface area contributed by atoms with Crippen LogP contribution in [0.5, 0.6) is 5.75 Å². The average Bonchev–Trinajstić information content (AvgIpc) is 3.56. The van der Waals surface area contributed by atoms with Crippen LogP contribution in [0.2, 0.25) is 0 Å². The molecule has 0 saturated carbocycles. The van der Waals surface area contributed by atoms with Gasteiger partial charge in [0.2, 0.25) is 0 Å². The van der Waals surface area contributed by atoms with Crippen LogP contribution in [0.25, 0.3) is 21.3 Å². The molecule has 4 aromatic rings. The molecule has 1 aliphatic heterocycles. The molecule has 11 heteroatoms. The van der Waals surface area contributed by atoms with E-state index in [1.165, 1.54) is 22.5 Å². The normalized spacial score (nSPS) is 20.5. The summed E-state index contributed by atoms with van der Waals surface area (Å²) in [4.78, 5) is 27.2. The lowest BCUT2D eigenvalue weighted by molar-refractivity contribution is 0.267. The minimum Gasteiger partial charge on any atom is -0.496 e. The first kappa shape index (κ1) is 25.8. The highest BCUT2D eigenvalue weighted by atomic mass is 32.2. The van der Waals surface area contributed by atoms with Gasteiger partial charge in [0.15, 0.2) is 0 Å². The first-order chi connectivity index (χ1) is 18.8. The predicted octanol–water partition coefficient (Wildman–Crippen LogP) is 3.00. The van der Waals surface area contributed by atoms with Crippen molar-refractivity contribution in [3.05, 3.63) is 85.9 Å². The maximum absolute atomic E-state index is 13.6. The molecule has 2 aliphatic rings. The van der Waals surface area contributed by atoms with Crippen LogP contribution in [-0.4, -0.2) is 43.7 Å². The molecule has 204 valence electrons. The lowest BCUT2D eigenvalue weighted by Gasteiger charge is -2.32. The zero-order chi connectivity index (χ0) is 27.3. The van der Waals surface area contributed by atoms with Gasteiger partial charge in [-0.1, -0.05) is 42.5 Å². The van der Waals surface area contributed by atoms with E-state index in [1.54, 1.807) is 12.5 Å². The highest BCUT2D eigenvalue weighted by molar-refractivity contribution is 7.86. The molecule has 1 N–H and O–H groups in total. The molecule has 1 saturated heterocycles. The predicted molar refractivity (Wildman–Crippen MR) is 151 cm³/mol. The van der Waals surface area contributed by atoms with Crippen molar-refractivity contribution >= 4 is 31.7 Å². The van der Waals surface area contributed by atoms with E-state index >= 15 is 0 Å². The van der Waals surface area contributed by atoms with Gasteiger partial charge in [-0.2, -0.15) is 8.42 Å². The summed E-state index contributed by atoms with van der Waals surface area (Å²) >= 11 is 1.17. The lowest BCUT2D eigenvalue weighted by atomic mass is 9.73. The minimum absolute atomic E-state index is 0.0515. The molecule has 3 heterocycles. The molecule has 3 atom stereocenters. The van der Waals surface area contributed by atoms with E-state index in [0.29, 0.717) is 17.9 Å². The van der Waals surface area contributed by atoms with Crippen LogP contribution in [0.4, 0.5) is 0 Å². The molecule has 0 amide bonds. The Morgan fingerprint density at radius 3 is 2.64 bits per heavy atom. The van der Waals surface area contributed by atoms with E-state index in [9.17, 15) is 18.0 Å². The maximum atomic E-state index is 13.6. The third-order valence-electron chi connectivity index (χ3n) is 7.87. The first-order valence-electron chi connectivity index (χ1n) is 12.9. The number of hydrogen-bond donors (Lipinski definition) is 1. The molecule has 0 bridgehead atoms. The quantitative estimate of drug-likeness (QED) is 0.366. The van der Waals surface area contributed by atoms with Crippen LogP contribution in [0.1, 0.15) is 29.9 Å². The van der Waals surface area contributed by atoms with E-state index in [0.717, 1.165) is 46.3 Å². The number of thiophene rings is 1. The number of hydrogen-bond acceptors (Lipinski definition) is 8. The molecule has 39 heavy (non-hydrogen) atoms. The Morgan fingerprint density at radius 2 is 1.90 bits per heavy atom. The first-order valence-corrected chi connectivity index (χ1v) is 15.6. The SMILES string of the molecule is COc1cccc2c1CCC1CNC(CCn3c(=O)c4scc(-c5ccccc5)c4n(OS(C)(=O)=O)c3=O)C21. The maximum Gasteiger partial charge on any atom is 0.365 e. The van der Waals surface area contributed by atoms with E-state index in [1.807, 2.05) is 42.5 Å². The third kappa shape index (κ3) is 4.58. The van der Waals surface area contributed by atoms with E-state index in [4.69, 9.17) is 9.02 Å². The van der Waals surface area contributed by atoms with Crippen molar-refractivity contribution in [1.82, 2.24) is 14.6 Å². The van der Waals surface area contributed by atoms with Crippen LogP contribution in [0.15, 0.2) is 63.5 Å². The molecule has 6 rings (SSSR count). The average molecular weight is 568 g/mol. The minimum atomic E-state index is -4.06. The number of nitrogens with zero attached hydrogens (tertiary/aromatic N) is 2. The Hall–Kier alpha value is -3.41. The van der Waals surface area contributed by atoms with Crippen LogP contribution in [0, 0.1) is 5.92 Å². The van der Waals surface area contributed by atoms with Gasteiger partial charge in [-0.3, -0.25) is 13.6 Å². The van der Waals surface area contributed by atoms with Gasteiger partial charge in [0.1, 0.15) is 16.0 Å². The van der Waals surface area contributed by atoms with Gasteiger partial charge in [-0.15, -0.1) is 16.1 Å². The van der Waals surface area contributed by atoms with Crippen molar-refractivity contribution in [2.45, 2.75) is 37.8 Å². The molecule has 2 aromatic heterocycles. The Balaban J connectivity index is 1.39. The van der Waals surface area contributed by atoms with E-state index in [2.05, 4.69) is 11.4 Å². The molecule has 1 fully saturated rings. The smallest absolute Gasteiger partial charge is 0.365 e. The highest BCUT2D eigenvalue weighted by Crippen LogP contribution is 2.45. The molecular weight excluding hydrogens is 538 g/mol. The fourth-order valence-electron chi connectivity index (χ4n) is 6.21. The summed E-state index contributed by atoms with van der Waals surface area (Å²) in [5, 5.41) is 5.37. The zero-order valence-electron chi connectivity index (χ0n) is 21.6. The van der Waals surface area contributed by atoms with Gasteiger partial charge in [-0.25, -0.2) is 4.79 Å². The van der Waals surface area contributed by atoms with Gasteiger partial charge < -0.3 is 10.1 Å². The second-order valence-electron chi connectivity index (χ2n) is 10.2. The Bertz CT molecular complexity index is 1770. The summed E-state index contributed by atoms with van der Waals surface area (Å²) in [7, 11) is -2.37. The number of benzene rings is 2. The van der Waals surface area contributed by atoms with Crippen molar-refractivity contribution in [3.63, 3.8) is 0 Å². The topological polar surface area (TPSA) is 109 Å². The monoisotopic (exact) mass is 567 g/mol. The van der Waals surface area contributed by atoms with Crippen LogP contribution in [0.3, 0.4) is 0 Å². The summed E-state index contributed by atoms with van der Waals surface area (Å²) in [5.74, 6) is 1.60. The Labute approximate surface area is 229 Å². The molecule has 1 aliphatic carbocycles. The highest BCUT2D eigenvalue weighted by Gasteiger charge is 2.40. The van der Waals surface area contributed by atoms with Gasteiger partial charge in [0, 0.05) is 29.4 Å². The van der Waals surface area contributed by atoms with Crippen molar-refractivity contribution in [2.24, 2.45) is 5.92 Å². The number of nitrogens with one attached hydrogen (secondary N) is 1. The van der Waals surface area contributed by atoms with Crippen molar-refractivity contribution in [3.8, 4) is 16.9 Å². The number of aromatic nitrogens is 2. The van der Waals surface area contributed by atoms with E-state index < -0.39 is 21.4 Å². The van der Waals surface area contributed by atoms with Crippen molar-refractivity contribution in [2.75, 3.05) is 19.9 Å². The van der Waals surface area contributed by atoms with Gasteiger partial charge >= 0.3 is 15.8 Å². The van der Waals surface area contributed by atoms with Crippen molar-refractivity contribution in [1.29, 1.82) is 0 Å². The molecular formula is C28H29N3O6S2. The third-order valence-corrected chi connectivity index (χ3v) is 9.24. The second-order valence-corrected chi connectivity index (χ2v) is 12.6. The van der Waals surface area contributed by atoms with Gasteiger partial charge in [0.05, 0.1) is 13.4 Å². The number of methoxy groups -OCH3 is 1.